The number of allylic oxidation sites excluding steroid dienone is 1. The van der Waals surface area contributed by atoms with Crippen LogP contribution < -0.4 is 0 Å². The molecule has 5 rings (SSSR count). The highest BCUT2D eigenvalue weighted by Gasteiger charge is 2.76. The van der Waals surface area contributed by atoms with Crippen LogP contribution in [0.3, 0.4) is 0 Å². The van der Waals surface area contributed by atoms with Crippen LogP contribution in [0.1, 0.15) is 55.7 Å². The van der Waals surface area contributed by atoms with E-state index in [1.807, 2.05) is 31.5 Å². The normalized spacial score (nSPS) is 38.9. The van der Waals surface area contributed by atoms with Crippen molar-refractivity contribution in [1.82, 2.24) is 4.57 Å². The Labute approximate surface area is 224 Å². The Hall–Kier alpha value is -2.26. The lowest BCUT2D eigenvalue weighted by molar-refractivity contribution is -0.190. The molecular weight excluding hydrogens is 486 g/mol. The van der Waals surface area contributed by atoms with E-state index < -0.39 is 41.7 Å². The molecule has 2 bridgehead atoms. The van der Waals surface area contributed by atoms with E-state index in [1.165, 1.54) is 0 Å². The number of Topliss-reactive ketones (excluding diaryl/α,β-unsaturated/α-hetero) is 1. The van der Waals surface area contributed by atoms with Gasteiger partial charge in [-0.1, -0.05) is 32.9 Å². The molecule has 0 aromatic carbocycles. The molecular formula is C30H41NO7. The molecule has 8 heteroatoms. The molecule has 8 nitrogen and oxygen atoms in total. The number of nitrogens with zero attached hydrogens (tertiary/aromatic N) is 1. The summed E-state index contributed by atoms with van der Waals surface area (Å²) in [4.78, 5) is 28.1. The third-order valence-electron chi connectivity index (χ3n) is 10.4. The predicted molar refractivity (Wildman–Crippen MR) is 140 cm³/mol. The van der Waals surface area contributed by atoms with Gasteiger partial charge in [-0.15, -0.1) is 0 Å². The third kappa shape index (κ3) is 3.36. The smallest absolute Gasteiger partial charge is 0.340 e. The number of ketones is 1. The predicted octanol–water partition coefficient (Wildman–Crippen LogP) is 2.74. The van der Waals surface area contributed by atoms with Gasteiger partial charge in [0.25, 0.3) is 0 Å². The molecule has 0 radical (unpaired) electrons. The average molecular weight is 528 g/mol. The van der Waals surface area contributed by atoms with E-state index in [-0.39, 0.29) is 34.5 Å². The fourth-order valence-electron chi connectivity index (χ4n) is 8.31. The van der Waals surface area contributed by atoms with E-state index >= 15 is 0 Å². The number of hydrogen-bond acceptors (Lipinski definition) is 7. The number of hydrogen-bond donors (Lipinski definition) is 3. The number of aliphatic hydroxyl groups excluding tert-OH is 2. The molecule has 3 N–H and O–H groups in total. The van der Waals surface area contributed by atoms with Gasteiger partial charge in [0.2, 0.25) is 0 Å². The number of esters is 1. The second-order valence-corrected chi connectivity index (χ2v) is 12.6. The van der Waals surface area contributed by atoms with Gasteiger partial charge in [-0.25, -0.2) is 4.79 Å². The number of aromatic nitrogens is 1. The molecule has 8 atom stereocenters. The van der Waals surface area contributed by atoms with Crippen molar-refractivity contribution in [3.63, 3.8) is 0 Å². The van der Waals surface area contributed by atoms with Crippen LogP contribution in [-0.2, 0) is 20.8 Å². The Bertz CT molecular complexity index is 1240. The van der Waals surface area contributed by atoms with Gasteiger partial charge in [0.15, 0.2) is 17.5 Å². The Morgan fingerprint density at radius 2 is 1.92 bits per heavy atom. The summed E-state index contributed by atoms with van der Waals surface area (Å²) < 4.78 is 13.2. The minimum Gasteiger partial charge on any atom is -0.451 e. The number of rotatable bonds is 6. The fourth-order valence-corrected chi connectivity index (χ4v) is 8.31. The molecule has 38 heavy (non-hydrogen) atoms. The van der Waals surface area contributed by atoms with Crippen LogP contribution in [0, 0.1) is 48.3 Å². The van der Waals surface area contributed by atoms with Gasteiger partial charge in [-0.2, -0.15) is 0 Å². The largest absolute Gasteiger partial charge is 0.451 e. The van der Waals surface area contributed by atoms with Gasteiger partial charge < -0.3 is 29.4 Å². The Balaban J connectivity index is 1.58. The summed E-state index contributed by atoms with van der Waals surface area (Å²) in [5, 5.41) is 34.5. The van der Waals surface area contributed by atoms with Gasteiger partial charge in [-0.3, -0.25) is 4.79 Å². The molecule has 1 spiro atoms. The molecule has 1 heterocycles. The Morgan fingerprint density at radius 3 is 2.55 bits per heavy atom. The topological polar surface area (TPSA) is 118 Å². The summed E-state index contributed by atoms with van der Waals surface area (Å²) in [5.74, 6) is -1.28. The molecule has 4 aliphatic carbocycles. The highest BCUT2D eigenvalue weighted by molar-refractivity contribution is 5.96. The zero-order chi connectivity index (χ0) is 27.9. The standard InChI is InChI=1S/C30H41NO7/c1-15-12-29-17(3)10-21-23(28(21,5)6)20(25(29)34)11-19(14-32)24(33)30(29,36)26(15)38-27(35)22-16(2)13-31(18(22)4)8-9-37-7/h11-13,17,20-21,23-24,26,32-33,36H,8-10,14H2,1-7H3/t17-,20+,21-,23+,24-,26+,29+,30+/m1/s1. The SMILES string of the molecule is COCCn1cc(C)c(C(=O)O[C@H]2C(C)=C[C@]34C(=O)[C@@H](C=C(CO)[C@@H](O)[C@]23O)[C@H]2[C@@H](C[C@H]4C)C2(C)C)c1C. The van der Waals surface area contributed by atoms with E-state index in [1.54, 1.807) is 26.2 Å². The molecule has 2 fully saturated rings. The van der Waals surface area contributed by atoms with Crippen LogP contribution in [0.25, 0.3) is 0 Å². The van der Waals surface area contributed by atoms with Gasteiger partial charge in [0.1, 0.15) is 6.10 Å². The molecule has 2 saturated carbocycles. The van der Waals surface area contributed by atoms with Gasteiger partial charge in [-0.05, 0) is 67.1 Å². The number of fused-ring (bicyclic) bond motifs is 3. The van der Waals surface area contributed by atoms with Crippen LogP contribution in [0.5, 0.6) is 0 Å². The van der Waals surface area contributed by atoms with Gasteiger partial charge in [0.05, 0.1) is 24.2 Å². The maximum absolute atomic E-state index is 14.5. The van der Waals surface area contributed by atoms with Crippen molar-refractivity contribution >= 4 is 11.8 Å². The first kappa shape index (κ1) is 27.3. The van der Waals surface area contributed by atoms with Gasteiger partial charge in [0, 0.05) is 31.5 Å². The summed E-state index contributed by atoms with van der Waals surface area (Å²) in [7, 11) is 1.62. The maximum atomic E-state index is 14.5. The second kappa shape index (κ2) is 8.88. The van der Waals surface area contributed by atoms with Crippen molar-refractivity contribution in [3.8, 4) is 0 Å². The second-order valence-electron chi connectivity index (χ2n) is 12.6. The zero-order valence-corrected chi connectivity index (χ0v) is 23.4. The number of aliphatic hydroxyl groups is 3. The first-order valence-corrected chi connectivity index (χ1v) is 13.6. The van der Waals surface area contributed by atoms with E-state index in [9.17, 15) is 24.9 Å². The summed E-state index contributed by atoms with van der Waals surface area (Å²) in [6, 6.07) is 0. The van der Waals surface area contributed by atoms with E-state index in [0.717, 1.165) is 5.56 Å². The Morgan fingerprint density at radius 1 is 1.24 bits per heavy atom. The molecule has 208 valence electrons. The zero-order valence-electron chi connectivity index (χ0n) is 23.4. The molecule has 1 aromatic heterocycles. The number of carbonyl (C=O) groups is 2. The van der Waals surface area contributed by atoms with E-state index in [0.29, 0.717) is 36.4 Å². The third-order valence-corrected chi connectivity index (χ3v) is 10.4. The summed E-state index contributed by atoms with van der Waals surface area (Å²) in [6.45, 7) is 12.2. The molecule has 0 unspecified atom stereocenters. The molecule has 1 aromatic rings. The number of ether oxygens (including phenoxy) is 2. The average Bonchev–Trinajstić information content (AvgIpc) is 3.19. The van der Waals surface area contributed by atoms with Crippen molar-refractivity contribution in [2.24, 2.45) is 34.5 Å². The number of carbonyl (C=O) groups excluding carboxylic acids is 2. The first-order chi connectivity index (χ1) is 17.8. The van der Waals surface area contributed by atoms with Crippen LogP contribution in [-0.4, -0.2) is 69.8 Å². The Kier molecular flexibility index (Phi) is 6.38. The minimum atomic E-state index is -2.14. The maximum Gasteiger partial charge on any atom is 0.340 e. The van der Waals surface area contributed by atoms with Crippen LogP contribution in [0.15, 0.2) is 29.5 Å². The summed E-state index contributed by atoms with van der Waals surface area (Å²) >= 11 is 0. The minimum absolute atomic E-state index is 0.0467. The highest BCUT2D eigenvalue weighted by atomic mass is 16.6. The molecule has 0 amide bonds. The first-order valence-electron chi connectivity index (χ1n) is 13.6. The fraction of sp³-hybridized carbons (Fsp3) is 0.667. The van der Waals surface area contributed by atoms with Gasteiger partial charge >= 0.3 is 5.97 Å². The lowest BCUT2D eigenvalue weighted by atomic mass is 9.59. The number of methoxy groups -OCH3 is 1. The quantitative estimate of drug-likeness (QED) is 0.385. The summed E-state index contributed by atoms with van der Waals surface area (Å²) in [5.41, 5.74) is -1.08. The van der Waals surface area contributed by atoms with Crippen molar-refractivity contribution < 1.29 is 34.4 Å². The molecule has 0 saturated heterocycles. The van der Waals surface area contributed by atoms with Crippen LogP contribution in [0.2, 0.25) is 0 Å². The van der Waals surface area contributed by atoms with E-state index in [4.69, 9.17) is 9.47 Å². The molecule has 4 aliphatic rings. The van der Waals surface area contributed by atoms with Crippen LogP contribution in [0.4, 0.5) is 0 Å². The monoisotopic (exact) mass is 527 g/mol. The highest BCUT2D eigenvalue weighted by Crippen LogP contribution is 2.71. The lowest BCUT2D eigenvalue weighted by Gasteiger charge is -2.48. The van der Waals surface area contributed by atoms with Crippen molar-refractivity contribution in [2.45, 2.75) is 72.3 Å². The summed E-state index contributed by atoms with van der Waals surface area (Å²) in [6.07, 6.45) is 3.17. The van der Waals surface area contributed by atoms with E-state index in [2.05, 4.69) is 13.8 Å². The van der Waals surface area contributed by atoms with Crippen molar-refractivity contribution in [2.75, 3.05) is 20.3 Å². The van der Waals surface area contributed by atoms with Crippen molar-refractivity contribution in [3.05, 3.63) is 46.3 Å². The molecule has 0 aliphatic heterocycles. The lowest BCUT2D eigenvalue weighted by Crippen LogP contribution is -2.65. The van der Waals surface area contributed by atoms with Crippen LogP contribution >= 0.6 is 0 Å². The van der Waals surface area contributed by atoms with Crippen molar-refractivity contribution in [1.29, 1.82) is 0 Å². The number of aryl methyl sites for hydroxylation is 1.